The van der Waals surface area contributed by atoms with Crippen LogP contribution in [0.4, 0.5) is 5.82 Å². The molecule has 2 aromatic carbocycles. The first-order valence-electron chi connectivity index (χ1n) is 30.0. The predicted molar refractivity (Wildman–Crippen MR) is 323 cm³/mol. The van der Waals surface area contributed by atoms with E-state index in [-0.39, 0.29) is 57.9 Å². The second-order valence-corrected chi connectivity index (χ2v) is 29.5. The number of nitrogen functional groups attached to an aromatic ring is 1. The summed E-state index contributed by atoms with van der Waals surface area (Å²) in [5.74, 6) is 8.78. The Morgan fingerprint density at radius 3 is 2.40 bits per heavy atom. The average Bonchev–Trinajstić information content (AvgIpc) is 3.16. The number of aromatic hydroxyl groups is 1. The third kappa shape index (κ3) is 11.9. The fourth-order valence-corrected chi connectivity index (χ4v) is 19.5. The molecule has 18 nitrogen and oxygen atoms in total. The Bertz CT molecular complexity index is 3180. The first-order valence-corrected chi connectivity index (χ1v) is 33.5. The van der Waals surface area contributed by atoms with Gasteiger partial charge in [-0.1, -0.05) is 24.0 Å². The monoisotopic (exact) mass is 1230 g/mol. The van der Waals surface area contributed by atoms with Gasteiger partial charge in [-0.15, -0.1) is 10.2 Å². The van der Waals surface area contributed by atoms with Gasteiger partial charge < -0.3 is 20.3 Å². The minimum atomic E-state index is -1.79. The number of anilines is 1. The van der Waals surface area contributed by atoms with E-state index in [1.54, 1.807) is 35.4 Å². The number of phenolic OH excluding ortho intramolecular Hbond substituents is 1. The molecule has 436 valence electrons. The summed E-state index contributed by atoms with van der Waals surface area (Å²) in [5.41, 5.74) is 10.5. The molecule has 1 saturated carbocycles. The van der Waals surface area contributed by atoms with Crippen molar-refractivity contribution < 1.29 is 27.6 Å². The van der Waals surface area contributed by atoms with Crippen molar-refractivity contribution in [1.82, 2.24) is 54.4 Å². The number of halogens is 1. The number of para-hydroxylation sites is 1. The molecule has 0 spiro atoms. The molecule has 5 aromatic rings. The van der Waals surface area contributed by atoms with Crippen LogP contribution in [-0.2, 0) is 17.4 Å². The predicted octanol–water partition coefficient (Wildman–Crippen LogP) is 7.68. The molecule has 0 radical (unpaired) electrons. The number of nitrogens with two attached hydrogens (primary N) is 1. The van der Waals surface area contributed by atoms with Crippen LogP contribution in [0.1, 0.15) is 120 Å². The number of aliphatic hydroxyl groups excluding tert-OH is 1. The first kappa shape index (κ1) is 56.6. The number of fused-ring (bicyclic) bond motifs is 1. The number of ether oxygens (including phenoxy) is 1. The number of imidazole rings is 1. The van der Waals surface area contributed by atoms with Gasteiger partial charge in [-0.3, -0.25) is 4.68 Å². The number of β-amino-alcohol motifs (C(OH)–C–C–N with tert-alkyl or cyclic N) is 1. The van der Waals surface area contributed by atoms with Crippen molar-refractivity contribution in [3.63, 3.8) is 0 Å². The van der Waals surface area contributed by atoms with Crippen LogP contribution >= 0.6 is 20.2 Å². The van der Waals surface area contributed by atoms with Gasteiger partial charge in [0, 0.05) is 35.9 Å². The van der Waals surface area contributed by atoms with Gasteiger partial charge in [-0.25, -0.2) is 4.98 Å². The number of phenols is 1. The zero-order valence-electron chi connectivity index (χ0n) is 48.1. The van der Waals surface area contributed by atoms with Crippen molar-refractivity contribution in [2.24, 2.45) is 23.7 Å². The second-order valence-electron chi connectivity index (χ2n) is 24.6. The summed E-state index contributed by atoms with van der Waals surface area (Å²) in [6, 6.07) is 16.7. The number of rotatable bonds is 16. The number of piperidine rings is 3. The number of nitrogens with one attached hydrogen (secondary N) is 1. The van der Waals surface area contributed by atoms with Crippen molar-refractivity contribution in [3.05, 3.63) is 114 Å². The molecule has 6 atom stereocenters. The van der Waals surface area contributed by atoms with E-state index in [0.717, 1.165) is 117 Å². The topological polar surface area (TPSA) is 205 Å². The summed E-state index contributed by atoms with van der Waals surface area (Å²) in [6.07, 6.45) is 19.2. The number of likely N-dealkylation sites (tertiary alicyclic amines) is 4. The van der Waals surface area contributed by atoms with Crippen LogP contribution in [0.15, 0.2) is 91.2 Å². The summed E-state index contributed by atoms with van der Waals surface area (Å²) in [7, 11) is 0. The fraction of sp³-hybridized carbons (Fsp3) is 0.556. The van der Waals surface area contributed by atoms with Gasteiger partial charge >= 0.3 is 264 Å². The van der Waals surface area contributed by atoms with Gasteiger partial charge in [0.15, 0.2) is 5.82 Å². The number of nitrogens with zero attached hydrogens (tertiary/aromatic N) is 10. The van der Waals surface area contributed by atoms with Gasteiger partial charge in [0.05, 0.1) is 29.1 Å². The minimum absolute atomic E-state index is 0.00465. The number of aryl methyl sites for hydroxylation is 1. The van der Waals surface area contributed by atoms with Crippen LogP contribution in [0.3, 0.4) is 0 Å². The van der Waals surface area contributed by atoms with E-state index < -0.39 is 38.3 Å². The number of alkyl halides is 2. The number of benzene rings is 2. The van der Waals surface area contributed by atoms with Crippen molar-refractivity contribution >= 4 is 37.9 Å². The van der Waals surface area contributed by atoms with Crippen molar-refractivity contribution in [3.8, 4) is 34.5 Å². The second kappa shape index (κ2) is 24.0. The summed E-state index contributed by atoms with van der Waals surface area (Å²) in [6.45, 7) is 18.2. The molecule has 9 heterocycles. The van der Waals surface area contributed by atoms with E-state index in [4.69, 9.17) is 18.6 Å². The fourth-order valence-electron chi connectivity index (χ4n) is 13.7. The van der Waals surface area contributed by atoms with Gasteiger partial charge in [0.1, 0.15) is 11.6 Å². The van der Waals surface area contributed by atoms with Crippen LogP contribution in [0.25, 0.3) is 16.9 Å². The average molecular weight is 1230 g/mol. The molecular weight excluding hydrogens is 1150 g/mol. The Hall–Kier alpha value is -5.89. The Labute approximate surface area is 490 Å². The third-order valence-electron chi connectivity index (χ3n) is 18.9. The van der Waals surface area contributed by atoms with Crippen molar-refractivity contribution in [2.45, 2.75) is 138 Å². The number of aromatic nitrogens is 6. The maximum absolute atomic E-state index is 14.6. The normalized spacial score (nSPS) is 26.3. The van der Waals surface area contributed by atoms with Crippen molar-refractivity contribution in [1.29, 1.82) is 0 Å². The molecule has 2 unspecified atom stereocenters. The van der Waals surface area contributed by atoms with E-state index in [1.165, 1.54) is 12.8 Å². The molecule has 12 rings (SSSR count). The van der Waals surface area contributed by atoms with E-state index in [2.05, 4.69) is 78.6 Å². The number of hydrogen-bond acceptors (Lipinski definition) is 14. The standard InChI is InChI=1S/C63H81IN12O6/c1-40(2)59(62(80)75-38-51(77)33-56(75)61(79)68-41(3)46-12-14-49(15-13-46)74-29-22-66-43(74)5)58-34-63(39-64(63)82-58)73-27-16-44(17-28-73)36-71-23-20-52(21-24-71)81-53-31-50(32-53)72-25-18-47(19-26-72)42(4)76-37-45(35-67-76)10-11-48-30-55(69-70-60(48)65)54-8-6-7-9-57(54)78/h6-9,12-15,22,29-30,34-35,37,40-42,44,47,50-53,56,59,77-78H,16-21,23-28,31-33,36,38-39H2,1-5H3,(H2,65,70)(H,68,79)/t41-,42?,50?,51+,53?,56-,59-,63?/m0/s1. The Balaban J connectivity index is 0.551. The maximum atomic E-state index is 14.6. The van der Waals surface area contributed by atoms with Crippen LogP contribution in [-0.4, -0.2) is 162 Å². The summed E-state index contributed by atoms with van der Waals surface area (Å²) < 4.78 is 18.7. The Morgan fingerprint density at radius 1 is 0.927 bits per heavy atom. The molecule has 19 heteroatoms. The zero-order chi connectivity index (χ0) is 56.8. The number of carbonyl (C=O) groups excluding carboxylic acids is 2. The Kier molecular flexibility index (Phi) is 16.6. The molecule has 6 fully saturated rings. The molecule has 3 aromatic heterocycles. The number of hydrogen-bond donors (Lipinski definition) is 4. The quantitative estimate of drug-likeness (QED) is 0.0324. The van der Waals surface area contributed by atoms with Gasteiger partial charge in [-0.05, 0) is 76.7 Å². The van der Waals surface area contributed by atoms with Gasteiger partial charge in [0.25, 0.3) is 0 Å². The molecular formula is C63H81IN12O6. The number of carbonyl (C=O) groups is 2. The van der Waals surface area contributed by atoms with Crippen LogP contribution in [0.5, 0.6) is 5.75 Å². The van der Waals surface area contributed by atoms with E-state index in [9.17, 15) is 19.8 Å². The van der Waals surface area contributed by atoms with Crippen LogP contribution in [0.2, 0.25) is 0 Å². The SMILES string of the molecule is Cc1nccn1-c1ccc([C@H](C)NC(=O)[C@@H]2C[C@@H](O)CN2C(=O)[C@H](C2=CC3(N4CCC(CN5CCC(OC6CC(N7CCC(C(C)n8cc(C#Cc9cc(-c%10ccccc%10O)nnc9N)cn8)CC7)C6)CC5)CC4)CI3O2)C(C)C)cc1. The molecule has 82 heavy (non-hydrogen) atoms. The van der Waals surface area contributed by atoms with E-state index in [0.29, 0.717) is 46.9 Å². The summed E-state index contributed by atoms with van der Waals surface area (Å²) >= 11 is -1.79. The van der Waals surface area contributed by atoms with Crippen molar-refractivity contribution in [2.75, 3.05) is 62.5 Å². The molecule has 1 aliphatic carbocycles. The van der Waals surface area contributed by atoms with Crippen LogP contribution < -0.4 is 11.1 Å². The number of aliphatic hydroxyl groups is 1. The Morgan fingerprint density at radius 2 is 1.68 bits per heavy atom. The van der Waals surface area contributed by atoms with E-state index >= 15 is 0 Å². The number of amides is 2. The van der Waals surface area contributed by atoms with Gasteiger partial charge in [-0.2, -0.15) is 5.10 Å². The molecule has 2 amide bonds. The molecule has 6 aliphatic heterocycles. The zero-order valence-corrected chi connectivity index (χ0v) is 50.3. The summed E-state index contributed by atoms with van der Waals surface area (Å²) in [4.78, 5) is 42.5. The molecule has 5 N–H and O–H groups in total. The molecule has 5 saturated heterocycles. The molecule has 0 bridgehead atoms. The first-order chi connectivity index (χ1) is 39.7. The van der Waals surface area contributed by atoms with Gasteiger partial charge in [0.2, 0.25) is 0 Å². The molecule has 7 aliphatic rings. The van der Waals surface area contributed by atoms with E-state index in [1.807, 2.05) is 67.3 Å². The summed E-state index contributed by atoms with van der Waals surface area (Å²) in [5, 5.41) is 37.3. The van der Waals surface area contributed by atoms with Crippen LogP contribution in [0, 0.1) is 42.4 Å². The third-order valence-corrected chi connectivity index (χ3v) is 24.3.